The maximum Gasteiger partial charge on any atom is 0.340 e. The zero-order valence-corrected chi connectivity index (χ0v) is 20.7. The summed E-state index contributed by atoms with van der Waals surface area (Å²) in [6.07, 6.45) is 0. The van der Waals surface area contributed by atoms with Gasteiger partial charge in [0.05, 0.1) is 19.6 Å². The molecule has 0 heterocycles. The second-order valence-corrected chi connectivity index (χ2v) is 9.21. The molecule has 0 aliphatic rings. The van der Waals surface area contributed by atoms with Gasteiger partial charge in [0.15, 0.2) is 0 Å². The Morgan fingerprint density at radius 1 is 0.735 bits per heavy atom. The molecule has 0 fully saturated rings. The Kier molecular flexibility index (Phi) is 11.9. The Labute approximate surface area is 198 Å². The van der Waals surface area contributed by atoms with Crippen molar-refractivity contribution in [1.82, 2.24) is 26.8 Å². The minimum Gasteiger partial charge on any atom is -0.458 e. The molecule has 5 N–H and O–H groups in total. The molecule has 0 aliphatic heterocycles. The van der Waals surface area contributed by atoms with E-state index in [1.54, 1.807) is 41.5 Å². The van der Waals surface area contributed by atoms with Crippen LogP contribution in [-0.2, 0) is 38.2 Å². The largest absolute Gasteiger partial charge is 0.458 e. The van der Waals surface area contributed by atoms with Crippen molar-refractivity contribution in [3.63, 3.8) is 0 Å². The highest BCUT2D eigenvalue weighted by Gasteiger charge is 2.36. The molecule has 13 nitrogen and oxygen atoms in total. The standard InChI is InChI=1S/C21H35N5O8/c1-12(2)17(30)26-24-11-14(28)22-9-13(27)23-10-15(29)25-16(18(31)33-20(3,4)5)19(32)34-21(6,7)8/h16,24H,1,9-11H2,2-8H3,(H,22,28)(H,23,27)(H,25,29)(H,26,30). The number of carbonyl (C=O) groups excluding carboxylic acids is 6. The number of hydrazine groups is 1. The van der Waals surface area contributed by atoms with Crippen molar-refractivity contribution in [3.8, 4) is 0 Å². The lowest BCUT2D eigenvalue weighted by Gasteiger charge is -2.26. The molecule has 0 aromatic heterocycles. The molecule has 0 saturated carbocycles. The lowest BCUT2D eigenvalue weighted by atomic mass is 10.1. The molecule has 0 unspecified atom stereocenters. The zero-order valence-electron chi connectivity index (χ0n) is 20.7. The summed E-state index contributed by atoms with van der Waals surface area (Å²) in [5, 5.41) is 6.69. The van der Waals surface area contributed by atoms with Gasteiger partial charge in [0.1, 0.15) is 11.2 Å². The predicted octanol–water partition coefficient (Wildman–Crippen LogP) is -1.42. The highest BCUT2D eigenvalue weighted by molar-refractivity contribution is 6.03. The molecule has 13 heteroatoms. The van der Waals surface area contributed by atoms with Gasteiger partial charge < -0.3 is 25.4 Å². The number of hydrogen-bond donors (Lipinski definition) is 5. The molecule has 192 valence electrons. The van der Waals surface area contributed by atoms with Crippen LogP contribution in [0.2, 0.25) is 0 Å². The third-order valence-electron chi connectivity index (χ3n) is 3.32. The van der Waals surface area contributed by atoms with Gasteiger partial charge >= 0.3 is 11.9 Å². The average Bonchev–Trinajstić information content (AvgIpc) is 2.65. The van der Waals surface area contributed by atoms with E-state index in [1.165, 1.54) is 6.92 Å². The molecule has 0 aromatic carbocycles. The van der Waals surface area contributed by atoms with Gasteiger partial charge in [-0.3, -0.25) is 24.6 Å². The van der Waals surface area contributed by atoms with Crippen LogP contribution in [0.15, 0.2) is 12.2 Å². The van der Waals surface area contributed by atoms with E-state index in [0.717, 1.165) is 0 Å². The Bertz CT molecular complexity index is 783. The third-order valence-corrected chi connectivity index (χ3v) is 3.32. The van der Waals surface area contributed by atoms with Crippen molar-refractivity contribution in [3.05, 3.63) is 12.2 Å². The van der Waals surface area contributed by atoms with Gasteiger partial charge in [-0.25, -0.2) is 15.0 Å². The van der Waals surface area contributed by atoms with Crippen LogP contribution in [-0.4, -0.2) is 72.4 Å². The summed E-state index contributed by atoms with van der Waals surface area (Å²) in [4.78, 5) is 71.8. The number of nitrogens with one attached hydrogen (secondary N) is 5. The van der Waals surface area contributed by atoms with Crippen LogP contribution in [0, 0.1) is 0 Å². The van der Waals surface area contributed by atoms with Crippen LogP contribution >= 0.6 is 0 Å². The van der Waals surface area contributed by atoms with Gasteiger partial charge in [-0.05, 0) is 48.5 Å². The van der Waals surface area contributed by atoms with Crippen molar-refractivity contribution < 1.29 is 38.2 Å². The normalized spacial score (nSPS) is 11.2. The van der Waals surface area contributed by atoms with Crippen LogP contribution in [0.5, 0.6) is 0 Å². The maximum absolute atomic E-state index is 12.4. The highest BCUT2D eigenvalue weighted by atomic mass is 16.6. The lowest BCUT2D eigenvalue weighted by molar-refractivity contribution is -0.171. The van der Waals surface area contributed by atoms with Crippen LogP contribution in [0.3, 0.4) is 0 Å². The van der Waals surface area contributed by atoms with Crippen LogP contribution in [0.25, 0.3) is 0 Å². The minimum atomic E-state index is -1.73. The average molecular weight is 486 g/mol. The van der Waals surface area contributed by atoms with E-state index in [2.05, 4.69) is 33.4 Å². The van der Waals surface area contributed by atoms with E-state index in [0.29, 0.717) is 0 Å². The summed E-state index contributed by atoms with van der Waals surface area (Å²) < 4.78 is 10.3. The van der Waals surface area contributed by atoms with E-state index in [9.17, 15) is 28.8 Å². The summed E-state index contributed by atoms with van der Waals surface area (Å²) in [6, 6.07) is -1.73. The molecule has 4 amide bonds. The number of rotatable bonds is 11. The van der Waals surface area contributed by atoms with Crippen molar-refractivity contribution in [1.29, 1.82) is 0 Å². The van der Waals surface area contributed by atoms with Crippen LogP contribution in [0.1, 0.15) is 48.5 Å². The number of amides is 4. The Balaban J connectivity index is 4.68. The first kappa shape index (κ1) is 30.5. The van der Waals surface area contributed by atoms with Crippen molar-refractivity contribution in [2.24, 2.45) is 0 Å². The van der Waals surface area contributed by atoms with Gasteiger partial charge in [-0.2, -0.15) is 0 Å². The summed E-state index contributed by atoms with van der Waals surface area (Å²) in [5.74, 6) is -4.69. The molecule has 34 heavy (non-hydrogen) atoms. The third kappa shape index (κ3) is 14.6. The minimum absolute atomic E-state index is 0.242. The highest BCUT2D eigenvalue weighted by Crippen LogP contribution is 2.12. The first-order chi connectivity index (χ1) is 15.4. The van der Waals surface area contributed by atoms with Crippen LogP contribution < -0.4 is 26.8 Å². The molecule has 0 rings (SSSR count). The van der Waals surface area contributed by atoms with Gasteiger partial charge in [-0.1, -0.05) is 6.58 Å². The first-order valence-corrected chi connectivity index (χ1v) is 10.4. The molecule has 0 saturated heterocycles. The van der Waals surface area contributed by atoms with E-state index in [4.69, 9.17) is 9.47 Å². The number of esters is 2. The molecule has 0 atom stereocenters. The second-order valence-electron chi connectivity index (χ2n) is 9.21. The van der Waals surface area contributed by atoms with Crippen molar-refractivity contribution in [2.45, 2.75) is 65.7 Å². The number of carbonyl (C=O) groups is 6. The predicted molar refractivity (Wildman–Crippen MR) is 121 cm³/mol. The lowest BCUT2D eigenvalue weighted by Crippen LogP contribution is -2.53. The fourth-order valence-corrected chi connectivity index (χ4v) is 1.94. The fourth-order valence-electron chi connectivity index (χ4n) is 1.94. The zero-order chi connectivity index (χ0) is 26.7. The summed E-state index contributed by atoms with van der Waals surface area (Å²) in [6.45, 7) is 13.1. The van der Waals surface area contributed by atoms with E-state index >= 15 is 0 Å². The first-order valence-electron chi connectivity index (χ1n) is 10.4. The quantitative estimate of drug-likeness (QED) is 0.102. The van der Waals surface area contributed by atoms with E-state index in [-0.39, 0.29) is 12.1 Å². The Hall–Kier alpha value is -3.48. The van der Waals surface area contributed by atoms with Crippen molar-refractivity contribution >= 4 is 35.6 Å². The van der Waals surface area contributed by atoms with Gasteiger partial charge in [0.2, 0.25) is 23.8 Å². The number of ether oxygens (including phenoxy) is 2. The van der Waals surface area contributed by atoms with Crippen molar-refractivity contribution in [2.75, 3.05) is 19.6 Å². The fraction of sp³-hybridized carbons (Fsp3) is 0.619. The SMILES string of the molecule is C=C(C)C(=O)NNCC(=O)NCC(=O)NCC(=O)NC(C(=O)OC(C)(C)C)C(=O)OC(C)(C)C. The number of hydrogen-bond acceptors (Lipinski definition) is 9. The summed E-state index contributed by atoms with van der Waals surface area (Å²) in [5.41, 5.74) is 2.99. The summed E-state index contributed by atoms with van der Waals surface area (Å²) in [7, 11) is 0. The topological polar surface area (TPSA) is 181 Å². The van der Waals surface area contributed by atoms with Gasteiger partial charge in [0, 0.05) is 5.57 Å². The molecular formula is C21H35N5O8. The molecule has 0 aromatic rings. The molecular weight excluding hydrogens is 450 g/mol. The molecule has 0 bridgehead atoms. The monoisotopic (exact) mass is 485 g/mol. The van der Waals surface area contributed by atoms with Gasteiger partial charge in [0.25, 0.3) is 5.91 Å². The summed E-state index contributed by atoms with van der Waals surface area (Å²) >= 11 is 0. The van der Waals surface area contributed by atoms with E-state index in [1.807, 2.05) is 0 Å². The molecule has 0 radical (unpaired) electrons. The molecule has 0 spiro atoms. The van der Waals surface area contributed by atoms with Gasteiger partial charge in [-0.15, -0.1) is 0 Å². The smallest absolute Gasteiger partial charge is 0.340 e. The molecule has 0 aliphatic carbocycles. The second kappa shape index (κ2) is 13.3. The van der Waals surface area contributed by atoms with E-state index < -0.39 is 65.9 Å². The Morgan fingerprint density at radius 3 is 1.56 bits per heavy atom. The maximum atomic E-state index is 12.4. The Morgan fingerprint density at radius 2 is 1.15 bits per heavy atom. The van der Waals surface area contributed by atoms with Crippen LogP contribution in [0.4, 0.5) is 0 Å².